The van der Waals surface area contributed by atoms with Gasteiger partial charge in [0.1, 0.15) is 0 Å². The Kier molecular flexibility index (Phi) is 4.03. The Labute approximate surface area is 148 Å². The molecule has 8 atom stereocenters. The van der Waals surface area contributed by atoms with E-state index in [2.05, 4.69) is 39.5 Å². The van der Waals surface area contributed by atoms with Gasteiger partial charge in [-0.05, 0) is 91.8 Å². The first kappa shape index (κ1) is 16.9. The third-order valence-corrected chi connectivity index (χ3v) is 9.16. The Morgan fingerprint density at radius 3 is 2.71 bits per heavy atom. The summed E-state index contributed by atoms with van der Waals surface area (Å²) in [7, 11) is 0. The van der Waals surface area contributed by atoms with Gasteiger partial charge in [-0.15, -0.1) is 6.58 Å². The standard InChI is InChI=1S/C23H36O/c1-5-15(2)19-8-9-20-18-7-6-16-14-17(24)10-12-22(16,3)21(18)11-13-23(19,20)4/h5-6,15,17-21,24H,1,7-14H2,2-4H3/t15?,17-,18-,19+,20-,21-,22-,23+/m0/s1. The summed E-state index contributed by atoms with van der Waals surface area (Å²) in [4.78, 5) is 0. The van der Waals surface area contributed by atoms with Crippen LogP contribution >= 0.6 is 0 Å². The minimum absolute atomic E-state index is 0.0842. The molecule has 0 aromatic heterocycles. The highest BCUT2D eigenvalue weighted by Gasteiger charge is 2.58. The van der Waals surface area contributed by atoms with Crippen LogP contribution in [0.2, 0.25) is 0 Å². The molecule has 1 nitrogen and oxygen atoms in total. The quantitative estimate of drug-likeness (QED) is 0.640. The fourth-order valence-electron chi connectivity index (χ4n) is 7.71. The Hall–Kier alpha value is -0.560. The molecule has 4 aliphatic carbocycles. The Balaban J connectivity index is 1.64. The number of allylic oxidation sites excluding steroid dienone is 2. The van der Waals surface area contributed by atoms with Gasteiger partial charge in [-0.1, -0.05) is 38.5 Å². The van der Waals surface area contributed by atoms with E-state index in [0.717, 1.165) is 36.5 Å². The first-order valence-corrected chi connectivity index (χ1v) is 10.4. The van der Waals surface area contributed by atoms with Crippen molar-refractivity contribution in [1.82, 2.24) is 0 Å². The van der Waals surface area contributed by atoms with Crippen molar-refractivity contribution in [3.05, 3.63) is 24.3 Å². The summed E-state index contributed by atoms with van der Waals surface area (Å²) in [6.45, 7) is 11.6. The molecule has 0 aromatic carbocycles. The first-order chi connectivity index (χ1) is 11.4. The molecule has 3 fully saturated rings. The van der Waals surface area contributed by atoms with Gasteiger partial charge in [0.2, 0.25) is 0 Å². The highest BCUT2D eigenvalue weighted by atomic mass is 16.3. The van der Waals surface area contributed by atoms with E-state index in [9.17, 15) is 5.11 Å². The zero-order valence-corrected chi connectivity index (χ0v) is 15.9. The third-order valence-electron chi connectivity index (χ3n) is 9.16. The summed E-state index contributed by atoms with van der Waals surface area (Å²) in [6, 6.07) is 0. The molecule has 1 heteroatoms. The van der Waals surface area contributed by atoms with Crippen molar-refractivity contribution < 1.29 is 5.11 Å². The van der Waals surface area contributed by atoms with E-state index in [1.54, 1.807) is 5.57 Å². The van der Waals surface area contributed by atoms with Gasteiger partial charge < -0.3 is 5.11 Å². The fraction of sp³-hybridized carbons (Fsp3) is 0.826. The van der Waals surface area contributed by atoms with Crippen LogP contribution < -0.4 is 0 Å². The maximum Gasteiger partial charge on any atom is 0.0577 e. The van der Waals surface area contributed by atoms with E-state index in [4.69, 9.17) is 0 Å². The maximum absolute atomic E-state index is 10.1. The van der Waals surface area contributed by atoms with E-state index in [1.807, 2.05) is 0 Å². The van der Waals surface area contributed by atoms with Gasteiger partial charge in [0, 0.05) is 0 Å². The molecule has 0 radical (unpaired) electrons. The zero-order valence-electron chi connectivity index (χ0n) is 15.9. The van der Waals surface area contributed by atoms with Crippen molar-refractivity contribution in [3.8, 4) is 0 Å². The first-order valence-electron chi connectivity index (χ1n) is 10.4. The van der Waals surface area contributed by atoms with E-state index in [-0.39, 0.29) is 6.10 Å². The summed E-state index contributed by atoms with van der Waals surface area (Å²) >= 11 is 0. The molecular formula is C23H36O. The number of aliphatic hydroxyl groups is 1. The van der Waals surface area contributed by atoms with Crippen LogP contribution in [-0.2, 0) is 0 Å². The van der Waals surface area contributed by atoms with Gasteiger partial charge >= 0.3 is 0 Å². The molecular weight excluding hydrogens is 292 g/mol. The summed E-state index contributed by atoms with van der Waals surface area (Å²) in [5, 5.41) is 10.1. The smallest absolute Gasteiger partial charge is 0.0577 e. The van der Waals surface area contributed by atoms with E-state index in [0.29, 0.717) is 16.7 Å². The molecule has 4 rings (SSSR count). The summed E-state index contributed by atoms with van der Waals surface area (Å²) in [5.41, 5.74) is 2.51. The molecule has 0 amide bonds. The van der Waals surface area contributed by atoms with Crippen molar-refractivity contribution >= 4 is 0 Å². The van der Waals surface area contributed by atoms with E-state index >= 15 is 0 Å². The molecule has 0 aliphatic heterocycles. The lowest BCUT2D eigenvalue weighted by Crippen LogP contribution is -2.50. The average Bonchev–Trinajstić information content (AvgIpc) is 2.92. The lowest BCUT2D eigenvalue weighted by Gasteiger charge is -2.58. The van der Waals surface area contributed by atoms with Crippen molar-refractivity contribution in [2.75, 3.05) is 0 Å². The van der Waals surface area contributed by atoms with Crippen LogP contribution in [0.4, 0.5) is 0 Å². The van der Waals surface area contributed by atoms with Crippen molar-refractivity contribution in [3.63, 3.8) is 0 Å². The van der Waals surface area contributed by atoms with Crippen molar-refractivity contribution in [1.29, 1.82) is 0 Å². The second-order valence-electron chi connectivity index (χ2n) is 9.98. The van der Waals surface area contributed by atoms with Gasteiger partial charge in [0.15, 0.2) is 0 Å². The highest BCUT2D eigenvalue weighted by Crippen LogP contribution is 2.67. The molecule has 1 N–H and O–H groups in total. The van der Waals surface area contributed by atoms with Crippen LogP contribution in [0.3, 0.4) is 0 Å². The molecule has 134 valence electrons. The van der Waals surface area contributed by atoms with Crippen LogP contribution in [0.5, 0.6) is 0 Å². The molecule has 3 saturated carbocycles. The normalized spacial score (nSPS) is 51.8. The summed E-state index contributed by atoms with van der Waals surface area (Å²) in [5.74, 6) is 4.15. The van der Waals surface area contributed by atoms with Crippen LogP contribution in [0.25, 0.3) is 0 Å². The summed E-state index contributed by atoms with van der Waals surface area (Å²) in [6.07, 6.45) is 14.8. The Morgan fingerprint density at radius 1 is 1.17 bits per heavy atom. The lowest BCUT2D eigenvalue weighted by atomic mass is 9.47. The van der Waals surface area contributed by atoms with Crippen LogP contribution in [0.15, 0.2) is 24.3 Å². The molecule has 4 aliphatic rings. The third kappa shape index (κ3) is 2.23. The molecule has 0 spiro atoms. The predicted molar refractivity (Wildman–Crippen MR) is 101 cm³/mol. The lowest BCUT2D eigenvalue weighted by molar-refractivity contribution is -0.0540. The zero-order chi connectivity index (χ0) is 17.1. The van der Waals surface area contributed by atoms with Crippen LogP contribution in [-0.4, -0.2) is 11.2 Å². The van der Waals surface area contributed by atoms with Crippen molar-refractivity contribution in [2.45, 2.75) is 78.2 Å². The number of hydrogen-bond donors (Lipinski definition) is 1. The molecule has 0 aromatic rings. The number of rotatable bonds is 2. The molecule has 24 heavy (non-hydrogen) atoms. The Bertz CT molecular complexity index is 548. The topological polar surface area (TPSA) is 20.2 Å². The summed E-state index contributed by atoms with van der Waals surface area (Å²) < 4.78 is 0. The van der Waals surface area contributed by atoms with Crippen LogP contribution in [0, 0.1) is 40.4 Å². The van der Waals surface area contributed by atoms with E-state index < -0.39 is 0 Å². The molecule has 0 saturated heterocycles. The van der Waals surface area contributed by atoms with Gasteiger partial charge in [-0.25, -0.2) is 0 Å². The monoisotopic (exact) mass is 328 g/mol. The highest BCUT2D eigenvalue weighted by molar-refractivity contribution is 5.25. The molecule has 0 heterocycles. The molecule has 0 bridgehead atoms. The minimum atomic E-state index is -0.0842. The second kappa shape index (κ2) is 5.73. The van der Waals surface area contributed by atoms with Gasteiger partial charge in [0.05, 0.1) is 6.10 Å². The van der Waals surface area contributed by atoms with Gasteiger partial charge in [-0.2, -0.15) is 0 Å². The van der Waals surface area contributed by atoms with Gasteiger partial charge in [-0.3, -0.25) is 0 Å². The SMILES string of the molecule is C=CC(C)[C@H]1CC[C@H]2[C@@H]3CC=C4C[C@@H](O)CC[C@]4(C)[C@H]3CC[C@]12C. The minimum Gasteiger partial charge on any atom is -0.393 e. The van der Waals surface area contributed by atoms with Crippen LogP contribution in [0.1, 0.15) is 72.1 Å². The van der Waals surface area contributed by atoms with Crippen molar-refractivity contribution in [2.24, 2.45) is 40.4 Å². The number of hydrogen-bond acceptors (Lipinski definition) is 1. The maximum atomic E-state index is 10.1. The fourth-order valence-corrected chi connectivity index (χ4v) is 7.71. The van der Waals surface area contributed by atoms with E-state index in [1.165, 1.54) is 38.5 Å². The average molecular weight is 329 g/mol. The Morgan fingerprint density at radius 2 is 1.96 bits per heavy atom. The van der Waals surface area contributed by atoms with Gasteiger partial charge in [0.25, 0.3) is 0 Å². The largest absolute Gasteiger partial charge is 0.393 e. The predicted octanol–water partition coefficient (Wildman–Crippen LogP) is 5.75. The molecule has 1 unspecified atom stereocenters. The number of fused-ring (bicyclic) bond motifs is 5. The second-order valence-corrected chi connectivity index (χ2v) is 9.98. The number of aliphatic hydroxyl groups excluding tert-OH is 1.